The summed E-state index contributed by atoms with van der Waals surface area (Å²) in [5.41, 5.74) is 2.87. The maximum Gasteiger partial charge on any atom is 0.0738 e. The topological polar surface area (TPSA) is 17.8 Å². The van der Waals surface area contributed by atoms with Crippen LogP contribution < -0.4 is 0 Å². The maximum absolute atomic E-state index is 4.87. The van der Waals surface area contributed by atoms with Gasteiger partial charge in [-0.1, -0.05) is 0 Å². The Morgan fingerprint density at radius 3 is 1.94 bits per heavy atom. The molecule has 4 saturated carbocycles. The molecule has 4 aliphatic carbocycles. The third-order valence-electron chi connectivity index (χ3n) is 5.66. The van der Waals surface area contributed by atoms with E-state index in [1.807, 2.05) is 0 Å². The average molecular weight is 309 g/mol. The zero-order valence-corrected chi connectivity index (χ0v) is 12.8. The minimum absolute atomic E-state index is 0.371. The van der Waals surface area contributed by atoms with Crippen LogP contribution in [0, 0.1) is 31.6 Å². The molecule has 0 atom stereocenters. The minimum atomic E-state index is 0.371. The van der Waals surface area contributed by atoms with Crippen molar-refractivity contribution in [1.29, 1.82) is 0 Å². The first-order valence-electron chi connectivity index (χ1n) is 7.29. The molecule has 4 bridgehead atoms. The molecule has 0 aliphatic heterocycles. The van der Waals surface area contributed by atoms with Gasteiger partial charge in [0.1, 0.15) is 0 Å². The van der Waals surface area contributed by atoms with E-state index in [0.29, 0.717) is 5.54 Å². The summed E-state index contributed by atoms with van der Waals surface area (Å²) in [5, 5.41) is 4.87. The van der Waals surface area contributed by atoms with Crippen molar-refractivity contribution in [3.63, 3.8) is 0 Å². The second-order valence-corrected chi connectivity index (χ2v) is 7.83. The zero-order valence-electron chi connectivity index (χ0n) is 11.2. The first-order chi connectivity index (χ1) is 8.57. The zero-order chi connectivity index (χ0) is 12.5. The van der Waals surface area contributed by atoms with Crippen LogP contribution in [0.3, 0.4) is 0 Å². The molecule has 1 heterocycles. The Kier molecular flexibility index (Phi) is 2.31. The van der Waals surface area contributed by atoms with Crippen molar-refractivity contribution >= 4 is 15.9 Å². The Bertz CT molecular complexity index is 468. The van der Waals surface area contributed by atoms with E-state index < -0.39 is 0 Å². The van der Waals surface area contributed by atoms with Crippen LogP contribution in [0.4, 0.5) is 0 Å². The number of aryl methyl sites for hydroxylation is 1. The molecule has 4 aliphatic rings. The van der Waals surface area contributed by atoms with Gasteiger partial charge in [0.15, 0.2) is 0 Å². The second-order valence-electron chi connectivity index (χ2n) is 7.04. The Hall–Kier alpha value is -0.310. The Labute approximate surface area is 117 Å². The highest BCUT2D eigenvalue weighted by Gasteiger charge is 2.52. The lowest BCUT2D eigenvalue weighted by molar-refractivity contribution is -0.0505. The summed E-state index contributed by atoms with van der Waals surface area (Å²) in [6.07, 6.45) is 8.65. The predicted octanol–water partition coefficient (Wildman–Crippen LogP) is 4.19. The van der Waals surface area contributed by atoms with Gasteiger partial charge in [-0.2, -0.15) is 5.10 Å². The van der Waals surface area contributed by atoms with Crippen molar-refractivity contribution in [3.05, 3.63) is 15.9 Å². The standard InChI is InChI=1S/C15H21BrN2/c1-9-14(16)10(2)18(17-9)15-6-11-3-12(7-15)5-13(4-11)8-15/h11-13H,3-8H2,1-2H3. The fourth-order valence-corrected chi connectivity index (χ4v) is 5.66. The average Bonchev–Trinajstić information content (AvgIpc) is 2.56. The molecule has 4 fully saturated rings. The molecule has 0 radical (unpaired) electrons. The van der Waals surface area contributed by atoms with Crippen LogP contribution in [0.25, 0.3) is 0 Å². The molecule has 1 aromatic heterocycles. The van der Waals surface area contributed by atoms with E-state index in [9.17, 15) is 0 Å². The number of hydrogen-bond acceptors (Lipinski definition) is 1. The summed E-state index contributed by atoms with van der Waals surface area (Å²) in [5.74, 6) is 2.96. The van der Waals surface area contributed by atoms with E-state index >= 15 is 0 Å². The van der Waals surface area contributed by atoms with Crippen LogP contribution in [-0.4, -0.2) is 9.78 Å². The molecular formula is C15H21BrN2. The van der Waals surface area contributed by atoms with Crippen LogP contribution in [0.15, 0.2) is 4.47 Å². The largest absolute Gasteiger partial charge is 0.262 e. The van der Waals surface area contributed by atoms with Gasteiger partial charge in [-0.3, -0.25) is 4.68 Å². The lowest BCUT2D eigenvalue weighted by atomic mass is 9.53. The first kappa shape index (κ1) is 11.5. The molecule has 0 unspecified atom stereocenters. The molecule has 0 aromatic carbocycles. The smallest absolute Gasteiger partial charge is 0.0738 e. The molecule has 98 valence electrons. The fraction of sp³-hybridized carbons (Fsp3) is 0.800. The third-order valence-corrected chi connectivity index (χ3v) is 6.81. The van der Waals surface area contributed by atoms with Crippen molar-refractivity contribution in [2.24, 2.45) is 17.8 Å². The van der Waals surface area contributed by atoms with Crippen molar-refractivity contribution in [3.8, 4) is 0 Å². The fourth-order valence-electron chi connectivity index (χ4n) is 5.41. The Balaban J connectivity index is 1.81. The molecule has 0 spiro atoms. The van der Waals surface area contributed by atoms with Gasteiger partial charge < -0.3 is 0 Å². The van der Waals surface area contributed by atoms with Gasteiger partial charge in [0.25, 0.3) is 0 Å². The molecule has 0 amide bonds. The van der Waals surface area contributed by atoms with Crippen molar-refractivity contribution in [2.75, 3.05) is 0 Å². The Morgan fingerprint density at radius 1 is 1.06 bits per heavy atom. The third kappa shape index (κ3) is 1.43. The molecular weight excluding hydrogens is 288 g/mol. The van der Waals surface area contributed by atoms with Crippen molar-refractivity contribution < 1.29 is 0 Å². The minimum Gasteiger partial charge on any atom is -0.262 e. The lowest BCUT2D eigenvalue weighted by Crippen LogP contribution is -2.52. The predicted molar refractivity (Wildman–Crippen MR) is 75.5 cm³/mol. The number of hydrogen-bond donors (Lipinski definition) is 0. The quantitative estimate of drug-likeness (QED) is 0.760. The van der Waals surface area contributed by atoms with Crippen LogP contribution in [0.1, 0.15) is 49.9 Å². The summed E-state index contributed by atoms with van der Waals surface area (Å²) >= 11 is 3.70. The van der Waals surface area contributed by atoms with E-state index in [-0.39, 0.29) is 0 Å². The summed E-state index contributed by atoms with van der Waals surface area (Å²) in [7, 11) is 0. The molecule has 5 rings (SSSR count). The first-order valence-corrected chi connectivity index (χ1v) is 8.09. The van der Waals surface area contributed by atoms with Crippen LogP contribution in [0.2, 0.25) is 0 Å². The highest BCUT2D eigenvalue weighted by atomic mass is 79.9. The lowest BCUT2D eigenvalue weighted by Gasteiger charge is -2.56. The van der Waals surface area contributed by atoms with Gasteiger partial charge in [-0.15, -0.1) is 0 Å². The van der Waals surface area contributed by atoms with E-state index in [1.54, 1.807) is 0 Å². The molecule has 0 N–H and O–H groups in total. The van der Waals surface area contributed by atoms with Gasteiger partial charge in [0.2, 0.25) is 0 Å². The summed E-state index contributed by atoms with van der Waals surface area (Å²) < 4.78 is 3.62. The second kappa shape index (κ2) is 3.62. The van der Waals surface area contributed by atoms with E-state index in [0.717, 1.165) is 23.4 Å². The van der Waals surface area contributed by atoms with Crippen LogP contribution >= 0.6 is 15.9 Å². The monoisotopic (exact) mass is 308 g/mol. The van der Waals surface area contributed by atoms with E-state index in [4.69, 9.17) is 5.10 Å². The number of halogens is 1. The molecule has 18 heavy (non-hydrogen) atoms. The highest BCUT2D eigenvalue weighted by molar-refractivity contribution is 9.10. The molecule has 3 heteroatoms. The number of rotatable bonds is 1. The van der Waals surface area contributed by atoms with Crippen LogP contribution in [0.5, 0.6) is 0 Å². The number of nitrogens with zero attached hydrogens (tertiary/aromatic N) is 2. The normalized spacial score (nSPS) is 41.6. The van der Waals surface area contributed by atoms with Gasteiger partial charge in [0.05, 0.1) is 21.4 Å². The van der Waals surface area contributed by atoms with Crippen molar-refractivity contribution in [1.82, 2.24) is 9.78 Å². The van der Waals surface area contributed by atoms with E-state index in [2.05, 4.69) is 34.5 Å². The van der Waals surface area contributed by atoms with Gasteiger partial charge in [-0.05, 0) is 86.1 Å². The SMILES string of the molecule is Cc1nn(C23CC4CC(CC(C4)C2)C3)c(C)c1Br. The summed E-state index contributed by atoms with van der Waals surface area (Å²) in [4.78, 5) is 0. The maximum atomic E-state index is 4.87. The van der Waals surface area contributed by atoms with Crippen molar-refractivity contribution in [2.45, 2.75) is 57.9 Å². The van der Waals surface area contributed by atoms with Gasteiger partial charge >= 0.3 is 0 Å². The van der Waals surface area contributed by atoms with E-state index in [1.165, 1.54) is 48.7 Å². The molecule has 1 aromatic rings. The van der Waals surface area contributed by atoms with Crippen LogP contribution in [-0.2, 0) is 5.54 Å². The summed E-state index contributed by atoms with van der Waals surface area (Å²) in [6, 6.07) is 0. The molecule has 2 nitrogen and oxygen atoms in total. The summed E-state index contributed by atoms with van der Waals surface area (Å²) in [6.45, 7) is 4.34. The van der Waals surface area contributed by atoms with Gasteiger partial charge in [0, 0.05) is 0 Å². The number of aromatic nitrogens is 2. The van der Waals surface area contributed by atoms with Gasteiger partial charge in [-0.25, -0.2) is 0 Å². The highest BCUT2D eigenvalue weighted by Crippen LogP contribution is 2.59. The Morgan fingerprint density at radius 2 is 1.56 bits per heavy atom. The molecule has 0 saturated heterocycles.